The summed E-state index contributed by atoms with van der Waals surface area (Å²) in [7, 11) is 0. The van der Waals surface area contributed by atoms with Gasteiger partial charge in [-0.05, 0) is 36.4 Å². The third kappa shape index (κ3) is 8.65. The Bertz CT molecular complexity index is 1550. The molecule has 48 heavy (non-hydrogen) atoms. The standard InChI is InChI=1S/C30H18F9N3O6/c31-28(32,33)25(43)40-19-22(46-16-10-4-1-5-11-16)20(41-26(44)29(34,35)36)24(48-18-14-8-3-9-15-18)21(42-27(45)30(37,38)39)23(19)47-17-12-6-2-7-13-17/h1-15H,(H,40,43)(H,41,44)(H,42,45). The second-order valence-electron chi connectivity index (χ2n) is 9.21. The van der Waals surface area contributed by atoms with E-state index in [1.165, 1.54) is 70.5 Å². The smallest absolute Gasteiger partial charge is 0.453 e. The minimum atomic E-state index is -5.71. The van der Waals surface area contributed by atoms with Crippen molar-refractivity contribution < 1.29 is 68.1 Å². The molecule has 0 aliphatic heterocycles. The zero-order valence-corrected chi connectivity index (χ0v) is 23.5. The lowest BCUT2D eigenvalue weighted by atomic mass is 10.1. The maximum Gasteiger partial charge on any atom is 0.471 e. The van der Waals surface area contributed by atoms with Crippen LogP contribution in [0.3, 0.4) is 0 Å². The van der Waals surface area contributed by atoms with Crippen LogP contribution < -0.4 is 30.2 Å². The van der Waals surface area contributed by atoms with Crippen molar-refractivity contribution >= 4 is 34.8 Å². The van der Waals surface area contributed by atoms with Crippen LogP contribution in [-0.2, 0) is 14.4 Å². The van der Waals surface area contributed by atoms with Gasteiger partial charge >= 0.3 is 36.3 Å². The zero-order chi connectivity index (χ0) is 35.3. The van der Waals surface area contributed by atoms with Gasteiger partial charge in [-0.15, -0.1) is 0 Å². The van der Waals surface area contributed by atoms with E-state index in [1.807, 2.05) is 0 Å². The van der Waals surface area contributed by atoms with Crippen molar-refractivity contribution in [2.24, 2.45) is 0 Å². The molecule has 0 saturated carbocycles. The predicted molar refractivity (Wildman–Crippen MR) is 150 cm³/mol. The van der Waals surface area contributed by atoms with Crippen LogP contribution in [0.4, 0.5) is 56.6 Å². The fraction of sp³-hybridized carbons (Fsp3) is 0.100. The van der Waals surface area contributed by atoms with E-state index in [-0.39, 0.29) is 17.2 Å². The quantitative estimate of drug-likeness (QED) is 0.152. The van der Waals surface area contributed by atoms with E-state index in [0.29, 0.717) is 0 Å². The molecule has 0 bridgehead atoms. The Labute approximate surface area is 263 Å². The second-order valence-corrected chi connectivity index (χ2v) is 9.21. The molecule has 0 spiro atoms. The second kappa shape index (κ2) is 13.8. The molecule has 0 atom stereocenters. The van der Waals surface area contributed by atoms with Crippen molar-refractivity contribution in [2.45, 2.75) is 18.5 Å². The average molecular weight is 687 g/mol. The molecule has 0 radical (unpaired) electrons. The molecule has 252 valence electrons. The number of amides is 3. The van der Waals surface area contributed by atoms with Crippen LogP contribution in [0.2, 0.25) is 0 Å². The number of anilines is 3. The molecule has 4 rings (SSSR count). The number of benzene rings is 4. The van der Waals surface area contributed by atoms with E-state index in [2.05, 4.69) is 0 Å². The zero-order valence-electron chi connectivity index (χ0n) is 23.5. The summed E-state index contributed by atoms with van der Waals surface area (Å²) in [5.41, 5.74) is -4.12. The number of hydrogen-bond acceptors (Lipinski definition) is 6. The van der Waals surface area contributed by atoms with E-state index in [4.69, 9.17) is 14.2 Å². The minimum absolute atomic E-state index is 0.328. The van der Waals surface area contributed by atoms with Crippen molar-refractivity contribution in [3.05, 3.63) is 91.0 Å². The molecule has 0 fully saturated rings. The molecule has 4 aromatic rings. The Morgan fingerprint density at radius 3 is 0.792 bits per heavy atom. The number of ether oxygens (including phenoxy) is 3. The molecule has 0 aliphatic carbocycles. The summed E-state index contributed by atoms with van der Waals surface area (Å²) in [6.45, 7) is 0. The van der Waals surface area contributed by atoms with E-state index < -0.39 is 70.6 Å². The molecule has 9 nitrogen and oxygen atoms in total. The maximum atomic E-state index is 13.6. The SMILES string of the molecule is O=C(Nc1c(Oc2ccccc2)c(NC(=O)C(F)(F)F)c(Oc2ccccc2)c(NC(=O)C(F)(F)F)c1Oc1ccccc1)C(F)(F)F. The summed E-state index contributed by atoms with van der Waals surface area (Å²) < 4.78 is 139. The number of halogens is 9. The lowest BCUT2D eigenvalue weighted by molar-refractivity contribution is -0.167. The van der Waals surface area contributed by atoms with E-state index >= 15 is 0 Å². The van der Waals surface area contributed by atoms with Crippen LogP contribution in [-0.4, -0.2) is 36.3 Å². The van der Waals surface area contributed by atoms with Crippen LogP contribution in [0.25, 0.3) is 0 Å². The first kappa shape index (κ1) is 34.9. The lowest BCUT2D eigenvalue weighted by Crippen LogP contribution is -2.33. The first-order valence-corrected chi connectivity index (χ1v) is 13.0. The van der Waals surface area contributed by atoms with Gasteiger partial charge in [-0.25, -0.2) is 0 Å². The monoisotopic (exact) mass is 687 g/mol. The highest BCUT2D eigenvalue weighted by atomic mass is 19.4. The molecular formula is C30H18F9N3O6. The molecule has 0 saturated heterocycles. The molecule has 3 N–H and O–H groups in total. The minimum Gasteiger partial charge on any atom is -0.453 e. The number of hydrogen-bond donors (Lipinski definition) is 3. The van der Waals surface area contributed by atoms with Gasteiger partial charge in [0.15, 0.2) is 17.2 Å². The van der Waals surface area contributed by atoms with Gasteiger partial charge in [0.2, 0.25) is 0 Å². The van der Waals surface area contributed by atoms with Gasteiger partial charge in [0.05, 0.1) is 0 Å². The Kier molecular flexibility index (Phi) is 10.1. The van der Waals surface area contributed by atoms with Gasteiger partial charge in [-0.2, -0.15) is 39.5 Å². The molecule has 0 unspecified atom stereocenters. The molecule has 0 aliphatic rings. The highest BCUT2D eigenvalue weighted by Crippen LogP contribution is 2.57. The Morgan fingerprint density at radius 2 is 0.604 bits per heavy atom. The highest BCUT2D eigenvalue weighted by molar-refractivity contribution is 6.10. The molecule has 4 aromatic carbocycles. The Morgan fingerprint density at radius 1 is 0.396 bits per heavy atom. The number of para-hydroxylation sites is 3. The number of rotatable bonds is 9. The first-order chi connectivity index (χ1) is 22.4. The Balaban J connectivity index is 2.20. The number of nitrogens with one attached hydrogen (secondary N) is 3. The van der Waals surface area contributed by atoms with E-state index in [9.17, 15) is 53.9 Å². The van der Waals surface area contributed by atoms with Gasteiger partial charge in [0.25, 0.3) is 0 Å². The first-order valence-electron chi connectivity index (χ1n) is 13.0. The lowest BCUT2D eigenvalue weighted by Gasteiger charge is -2.26. The molecule has 0 aromatic heterocycles. The number of carbonyl (C=O) groups excluding carboxylic acids is 3. The summed E-state index contributed by atoms with van der Waals surface area (Å²) in [5.74, 6) is -13.1. The van der Waals surface area contributed by atoms with Gasteiger partial charge in [0, 0.05) is 0 Å². The van der Waals surface area contributed by atoms with Crippen molar-refractivity contribution in [1.82, 2.24) is 0 Å². The third-order valence-corrected chi connectivity index (χ3v) is 5.74. The van der Waals surface area contributed by atoms with Crippen molar-refractivity contribution in [2.75, 3.05) is 16.0 Å². The number of carbonyl (C=O) groups is 3. The normalized spacial score (nSPS) is 11.7. The highest BCUT2D eigenvalue weighted by Gasteiger charge is 2.45. The topological polar surface area (TPSA) is 115 Å². The summed E-state index contributed by atoms with van der Waals surface area (Å²) in [6.07, 6.45) is -17.1. The van der Waals surface area contributed by atoms with Crippen molar-refractivity contribution in [3.8, 4) is 34.5 Å². The van der Waals surface area contributed by atoms with Crippen molar-refractivity contribution in [3.63, 3.8) is 0 Å². The van der Waals surface area contributed by atoms with Gasteiger partial charge in [0.1, 0.15) is 34.3 Å². The fourth-order valence-corrected chi connectivity index (χ4v) is 3.70. The number of alkyl halides is 9. The summed E-state index contributed by atoms with van der Waals surface area (Å²) in [4.78, 5) is 36.9. The molecule has 0 heterocycles. The fourth-order valence-electron chi connectivity index (χ4n) is 3.70. The van der Waals surface area contributed by atoms with Crippen LogP contribution in [0.15, 0.2) is 91.0 Å². The summed E-state index contributed by atoms with van der Waals surface area (Å²) in [6, 6.07) is 19.1. The van der Waals surface area contributed by atoms with E-state index in [0.717, 1.165) is 36.4 Å². The largest absolute Gasteiger partial charge is 0.471 e. The average Bonchev–Trinajstić information content (AvgIpc) is 3.02. The van der Waals surface area contributed by atoms with Gasteiger partial charge in [-0.3, -0.25) is 14.4 Å². The maximum absolute atomic E-state index is 13.6. The molecule has 3 amide bonds. The van der Waals surface area contributed by atoms with Gasteiger partial charge in [-0.1, -0.05) is 54.6 Å². The van der Waals surface area contributed by atoms with Crippen LogP contribution in [0, 0.1) is 0 Å². The Hall–Kier alpha value is -5.94. The van der Waals surface area contributed by atoms with Crippen molar-refractivity contribution in [1.29, 1.82) is 0 Å². The van der Waals surface area contributed by atoms with Crippen LogP contribution in [0.1, 0.15) is 0 Å². The predicted octanol–water partition coefficient (Wildman–Crippen LogP) is 8.57. The molecular weight excluding hydrogens is 669 g/mol. The van der Waals surface area contributed by atoms with Crippen LogP contribution in [0.5, 0.6) is 34.5 Å². The van der Waals surface area contributed by atoms with E-state index in [1.54, 1.807) is 0 Å². The molecule has 18 heteroatoms. The summed E-state index contributed by atoms with van der Waals surface area (Å²) in [5, 5.41) is 3.96. The van der Waals surface area contributed by atoms with Gasteiger partial charge < -0.3 is 30.2 Å². The van der Waals surface area contributed by atoms with Crippen LogP contribution >= 0.6 is 0 Å². The third-order valence-electron chi connectivity index (χ3n) is 5.74. The summed E-state index contributed by atoms with van der Waals surface area (Å²) >= 11 is 0.